The summed E-state index contributed by atoms with van der Waals surface area (Å²) in [5.74, 6) is 0. The van der Waals surface area contributed by atoms with Gasteiger partial charge in [-0.25, -0.2) is 0 Å². The first-order valence-corrected chi connectivity index (χ1v) is 15.5. The van der Waals surface area contributed by atoms with E-state index in [1.165, 1.54) is 27.9 Å². The Labute approximate surface area is 235 Å². The molecule has 3 atom stereocenters. The molecule has 2 fully saturated rings. The average Bonchev–Trinajstić information content (AvgIpc) is 3.10. The number of hydrogen-bond acceptors (Lipinski definition) is 3. The van der Waals surface area contributed by atoms with Crippen LogP contribution < -0.4 is 15.9 Å². The third kappa shape index (κ3) is 4.65. The van der Waals surface area contributed by atoms with Crippen molar-refractivity contribution >= 4 is 23.8 Å². The van der Waals surface area contributed by atoms with Gasteiger partial charge in [-0.3, -0.25) is 14.8 Å². The molecular weight excluding hydrogens is 493 g/mol. The fraction of sp³-hybridized carbons (Fsp3) is 0.314. The van der Waals surface area contributed by atoms with Crippen molar-refractivity contribution in [1.29, 1.82) is 0 Å². The van der Waals surface area contributed by atoms with Crippen LogP contribution in [-0.4, -0.2) is 26.4 Å². The van der Waals surface area contributed by atoms with Gasteiger partial charge in [0, 0.05) is 24.3 Å². The van der Waals surface area contributed by atoms with Crippen molar-refractivity contribution in [2.75, 3.05) is 0 Å². The van der Waals surface area contributed by atoms with Gasteiger partial charge in [-0.05, 0) is 73.6 Å². The molecule has 2 radical (unpaired) electrons. The molecule has 2 bridgehead atoms. The first kappa shape index (κ1) is 26.4. The maximum Gasteiger partial charge on any atom is 0.148 e. The fourth-order valence-corrected chi connectivity index (χ4v) is 9.16. The van der Waals surface area contributed by atoms with E-state index in [2.05, 4.69) is 141 Å². The number of hydrogen-bond donors (Lipinski definition) is 0. The van der Waals surface area contributed by atoms with Crippen LogP contribution in [0.5, 0.6) is 0 Å². The van der Waals surface area contributed by atoms with E-state index in [-0.39, 0.29) is 17.0 Å². The number of aromatic nitrogens is 1. The van der Waals surface area contributed by atoms with E-state index in [0.29, 0.717) is 6.04 Å². The van der Waals surface area contributed by atoms with E-state index in [0.717, 1.165) is 18.7 Å². The quantitative estimate of drug-likeness (QED) is 0.249. The summed E-state index contributed by atoms with van der Waals surface area (Å²) in [6.07, 6.45) is 4.24. The smallest absolute Gasteiger partial charge is 0.148 e. The molecule has 1 aromatic heterocycles. The van der Waals surface area contributed by atoms with Crippen molar-refractivity contribution in [1.82, 2.24) is 14.8 Å². The second kappa shape index (κ2) is 10.6. The second-order valence-corrected chi connectivity index (χ2v) is 13.9. The first-order chi connectivity index (χ1) is 18.9. The highest BCUT2D eigenvalue weighted by Gasteiger charge is 2.61. The zero-order valence-electron chi connectivity index (χ0n) is 23.5. The lowest BCUT2D eigenvalue weighted by molar-refractivity contribution is -0.0850. The van der Waals surface area contributed by atoms with Crippen molar-refractivity contribution in [2.24, 2.45) is 5.41 Å². The summed E-state index contributed by atoms with van der Waals surface area (Å²) in [7, 11) is -0.680. The van der Waals surface area contributed by atoms with Crippen molar-refractivity contribution in [3.8, 4) is 0 Å². The molecular formula is C35H38N3P. The summed E-state index contributed by atoms with van der Waals surface area (Å²) in [4.78, 5) is 9.74. The summed E-state index contributed by atoms with van der Waals surface area (Å²) >= 11 is 0. The monoisotopic (exact) mass is 531 g/mol. The molecule has 3 nitrogen and oxygen atoms in total. The Morgan fingerprint density at radius 1 is 0.846 bits per heavy atom. The van der Waals surface area contributed by atoms with Gasteiger partial charge in [-0.15, -0.1) is 0 Å². The Balaban J connectivity index is 1.39. The summed E-state index contributed by atoms with van der Waals surface area (Å²) in [5, 5.41) is 4.20. The van der Waals surface area contributed by atoms with Gasteiger partial charge >= 0.3 is 0 Å². The highest BCUT2D eigenvalue weighted by atomic mass is 31.1. The van der Waals surface area contributed by atoms with E-state index in [9.17, 15) is 0 Å². The zero-order chi connectivity index (χ0) is 27.0. The SMILES string of the molecule is C[C@H](c1ccccn1)N1[C]N(Cc2ccccc2P(c2ccccc2)c2ccccc2)[C@]2(C)CC[C@H]1C2(C)C. The molecule has 0 N–H and O–H groups in total. The van der Waals surface area contributed by atoms with E-state index in [1.54, 1.807) is 0 Å². The standard InChI is InChI=1S/C35H38N3P/c1-27(31-20-13-14-24-36-31)38-26-37(35(4)23-22-33(38)34(35,2)3)25-28-15-11-12-21-32(28)39(29-16-7-5-8-17-29)30-18-9-6-10-19-30/h5-21,24,27,33H,22-23,25H2,1-4H3/t27-,33+,35-/m1/s1. The lowest BCUT2D eigenvalue weighted by Gasteiger charge is -2.57. The molecule has 2 heterocycles. The van der Waals surface area contributed by atoms with E-state index >= 15 is 0 Å². The Kier molecular flexibility index (Phi) is 7.18. The van der Waals surface area contributed by atoms with E-state index < -0.39 is 7.92 Å². The van der Waals surface area contributed by atoms with Gasteiger partial charge in [0.25, 0.3) is 0 Å². The van der Waals surface area contributed by atoms with Gasteiger partial charge in [-0.1, -0.05) is 105 Å². The number of rotatable bonds is 7. The van der Waals surface area contributed by atoms with Crippen LogP contribution in [0.2, 0.25) is 0 Å². The van der Waals surface area contributed by atoms with Crippen LogP contribution in [0, 0.1) is 12.1 Å². The molecule has 4 heteroatoms. The largest absolute Gasteiger partial charge is 0.269 e. The molecule has 1 saturated carbocycles. The van der Waals surface area contributed by atoms with Crippen molar-refractivity contribution < 1.29 is 0 Å². The Bertz CT molecular complexity index is 1350. The second-order valence-electron chi connectivity index (χ2n) is 11.7. The lowest BCUT2D eigenvalue weighted by Crippen LogP contribution is -2.64. The van der Waals surface area contributed by atoms with Gasteiger partial charge in [0.05, 0.1) is 11.7 Å². The molecule has 2 aliphatic rings. The third-order valence-electron chi connectivity index (χ3n) is 9.42. The normalized spacial score (nSPS) is 23.7. The summed E-state index contributed by atoms with van der Waals surface area (Å²) < 4.78 is 0. The topological polar surface area (TPSA) is 19.4 Å². The Morgan fingerprint density at radius 2 is 1.46 bits per heavy atom. The summed E-state index contributed by atoms with van der Waals surface area (Å²) in [6.45, 7) is 14.4. The molecule has 3 aromatic carbocycles. The number of fused-ring (bicyclic) bond motifs is 2. The minimum absolute atomic E-state index is 0.0351. The molecule has 6 rings (SSSR count). The van der Waals surface area contributed by atoms with Crippen LogP contribution in [0.3, 0.4) is 0 Å². The van der Waals surface area contributed by atoms with Crippen LogP contribution in [0.25, 0.3) is 0 Å². The minimum Gasteiger partial charge on any atom is -0.269 e. The molecule has 0 amide bonds. The Morgan fingerprint density at radius 3 is 2.10 bits per heavy atom. The van der Waals surface area contributed by atoms with Gasteiger partial charge < -0.3 is 0 Å². The van der Waals surface area contributed by atoms with Gasteiger partial charge in [0.1, 0.15) is 6.67 Å². The van der Waals surface area contributed by atoms with Crippen LogP contribution in [0.1, 0.15) is 57.8 Å². The molecule has 39 heavy (non-hydrogen) atoms. The summed E-state index contributed by atoms with van der Waals surface area (Å²) in [6, 6.07) is 38.0. The van der Waals surface area contributed by atoms with E-state index in [4.69, 9.17) is 4.98 Å². The van der Waals surface area contributed by atoms with Gasteiger partial charge in [0.15, 0.2) is 0 Å². The predicted octanol–water partition coefficient (Wildman–Crippen LogP) is 6.66. The average molecular weight is 532 g/mol. The zero-order valence-corrected chi connectivity index (χ0v) is 24.4. The molecule has 0 spiro atoms. The Hall–Kier alpha value is -2.84. The molecule has 198 valence electrons. The van der Waals surface area contributed by atoms with Crippen LogP contribution >= 0.6 is 7.92 Å². The van der Waals surface area contributed by atoms with Crippen molar-refractivity contribution in [3.63, 3.8) is 0 Å². The molecule has 1 aliphatic carbocycles. The first-order valence-electron chi connectivity index (χ1n) is 14.1. The highest BCUT2D eigenvalue weighted by Crippen LogP contribution is 2.57. The van der Waals surface area contributed by atoms with Gasteiger partial charge in [-0.2, -0.15) is 0 Å². The van der Waals surface area contributed by atoms with Gasteiger partial charge in [0.2, 0.25) is 0 Å². The third-order valence-corrected chi connectivity index (χ3v) is 12.0. The molecule has 0 unspecified atom stereocenters. The maximum absolute atomic E-state index is 4.72. The maximum atomic E-state index is 4.72. The van der Waals surface area contributed by atoms with Crippen LogP contribution in [0.15, 0.2) is 109 Å². The fourth-order valence-electron chi connectivity index (χ4n) is 6.70. The van der Waals surface area contributed by atoms with Crippen LogP contribution in [-0.2, 0) is 6.54 Å². The van der Waals surface area contributed by atoms with Crippen molar-refractivity contribution in [2.45, 2.75) is 64.7 Å². The molecule has 1 aliphatic heterocycles. The molecule has 4 aromatic rings. The molecule has 1 saturated heterocycles. The lowest BCUT2D eigenvalue weighted by atomic mass is 9.70. The van der Waals surface area contributed by atoms with E-state index in [1.807, 2.05) is 12.3 Å². The number of pyridine rings is 1. The number of nitrogens with zero attached hydrogens (tertiary/aromatic N) is 3. The van der Waals surface area contributed by atoms with Crippen LogP contribution in [0.4, 0.5) is 0 Å². The van der Waals surface area contributed by atoms with Crippen molar-refractivity contribution in [3.05, 3.63) is 127 Å². The minimum atomic E-state index is -0.680. The predicted molar refractivity (Wildman–Crippen MR) is 164 cm³/mol. The highest BCUT2D eigenvalue weighted by molar-refractivity contribution is 7.79. The number of benzene rings is 3. The summed E-state index contributed by atoms with van der Waals surface area (Å²) in [5.41, 5.74) is 2.64.